The van der Waals surface area contributed by atoms with Crippen LogP contribution < -0.4 is 9.64 Å². The summed E-state index contributed by atoms with van der Waals surface area (Å²) in [6, 6.07) is 11.7. The molecule has 0 spiro atoms. The number of para-hydroxylation sites is 2. The van der Waals surface area contributed by atoms with E-state index in [1.165, 1.54) is 0 Å². The second-order valence-electron chi connectivity index (χ2n) is 5.85. The second-order valence-corrected chi connectivity index (χ2v) is 5.85. The quantitative estimate of drug-likeness (QED) is 0.743. The summed E-state index contributed by atoms with van der Waals surface area (Å²) >= 11 is 0. The molecule has 0 radical (unpaired) electrons. The minimum Gasteiger partial charge on any atom is -0.474 e. The third kappa shape index (κ3) is 2.60. The average Bonchev–Trinajstić information content (AvgIpc) is 3.02. The van der Waals surface area contributed by atoms with Gasteiger partial charge in [0.15, 0.2) is 0 Å². The molecule has 2 aromatic heterocycles. The molecule has 1 aliphatic heterocycles. The molecule has 1 aliphatic rings. The van der Waals surface area contributed by atoms with Crippen LogP contribution in [0.4, 0.5) is 5.69 Å². The fourth-order valence-electron chi connectivity index (χ4n) is 2.99. The van der Waals surface area contributed by atoms with Crippen LogP contribution in [0.5, 0.6) is 5.88 Å². The molecule has 1 amide bonds. The maximum atomic E-state index is 12.7. The van der Waals surface area contributed by atoms with E-state index in [1.807, 2.05) is 47.9 Å². The van der Waals surface area contributed by atoms with Gasteiger partial charge in [-0.3, -0.25) is 4.79 Å². The third-order valence-corrected chi connectivity index (χ3v) is 4.22. The Bertz CT molecular complexity index is 903. The molecule has 3 aromatic rings. The van der Waals surface area contributed by atoms with Gasteiger partial charge in [-0.1, -0.05) is 12.1 Å². The van der Waals surface area contributed by atoms with E-state index in [2.05, 4.69) is 9.97 Å². The highest BCUT2D eigenvalue weighted by molar-refractivity contribution is 5.95. The number of amides is 1. The first-order valence-corrected chi connectivity index (χ1v) is 8.03. The van der Waals surface area contributed by atoms with Crippen molar-refractivity contribution in [3.8, 4) is 5.88 Å². The number of carbonyl (C=O) groups is 1. The van der Waals surface area contributed by atoms with Crippen LogP contribution in [0.15, 0.2) is 42.7 Å². The van der Waals surface area contributed by atoms with Crippen LogP contribution in [0.2, 0.25) is 0 Å². The number of aromatic nitrogens is 3. The Morgan fingerprint density at radius 3 is 3.04 bits per heavy atom. The molecular weight excluding hydrogens is 304 g/mol. The fraction of sp³-hybridized carbons (Fsp3) is 0.278. The Morgan fingerprint density at radius 1 is 1.25 bits per heavy atom. The van der Waals surface area contributed by atoms with Gasteiger partial charge in [-0.25, -0.2) is 9.97 Å². The molecule has 0 fully saturated rings. The van der Waals surface area contributed by atoms with E-state index in [1.54, 1.807) is 11.2 Å². The van der Waals surface area contributed by atoms with Gasteiger partial charge in [-0.2, -0.15) is 0 Å². The summed E-state index contributed by atoms with van der Waals surface area (Å²) in [6.45, 7) is 3.55. The molecule has 6 heteroatoms. The van der Waals surface area contributed by atoms with Crippen LogP contribution in [0.25, 0.3) is 11.0 Å². The number of rotatable bonds is 3. The predicted octanol–water partition coefficient (Wildman–Crippen LogP) is 2.56. The molecule has 0 N–H and O–H groups in total. The fourth-order valence-corrected chi connectivity index (χ4v) is 2.99. The number of aryl methyl sites for hydroxylation is 2. The second kappa shape index (κ2) is 5.96. The smallest absolute Gasteiger partial charge is 0.238 e. The van der Waals surface area contributed by atoms with Crippen molar-refractivity contribution in [3.05, 3.63) is 48.4 Å². The molecule has 24 heavy (non-hydrogen) atoms. The van der Waals surface area contributed by atoms with Crippen LogP contribution in [0.3, 0.4) is 0 Å². The molecule has 0 unspecified atom stereocenters. The van der Waals surface area contributed by atoms with Gasteiger partial charge in [-0.15, -0.1) is 0 Å². The first kappa shape index (κ1) is 14.7. The molecule has 0 saturated heterocycles. The van der Waals surface area contributed by atoms with Crippen molar-refractivity contribution in [1.29, 1.82) is 0 Å². The highest BCUT2D eigenvalue weighted by Crippen LogP contribution is 2.30. The number of benzene rings is 1. The van der Waals surface area contributed by atoms with Gasteiger partial charge >= 0.3 is 0 Å². The van der Waals surface area contributed by atoms with E-state index < -0.39 is 0 Å². The van der Waals surface area contributed by atoms with Crippen LogP contribution in [-0.4, -0.2) is 33.6 Å². The van der Waals surface area contributed by atoms with Crippen molar-refractivity contribution in [1.82, 2.24) is 14.5 Å². The molecule has 0 bridgehead atoms. The third-order valence-electron chi connectivity index (χ3n) is 4.22. The Hall–Kier alpha value is -2.89. The molecule has 4 rings (SSSR count). The molecule has 6 nitrogen and oxygen atoms in total. The van der Waals surface area contributed by atoms with Crippen molar-refractivity contribution < 1.29 is 9.53 Å². The van der Waals surface area contributed by atoms with Crippen LogP contribution in [-0.2, 0) is 11.3 Å². The number of carbonyl (C=O) groups excluding carboxylic acids is 1. The summed E-state index contributed by atoms with van der Waals surface area (Å²) in [7, 11) is 0. The number of hydrogen-bond donors (Lipinski definition) is 0. The van der Waals surface area contributed by atoms with Gasteiger partial charge in [0.05, 0.1) is 23.9 Å². The van der Waals surface area contributed by atoms with E-state index in [-0.39, 0.29) is 5.91 Å². The van der Waals surface area contributed by atoms with Crippen LogP contribution in [0, 0.1) is 6.92 Å². The number of fused-ring (bicyclic) bond motifs is 2. The minimum absolute atomic E-state index is 0.0722. The first-order valence-electron chi connectivity index (χ1n) is 8.03. The van der Waals surface area contributed by atoms with Gasteiger partial charge in [0.1, 0.15) is 12.3 Å². The van der Waals surface area contributed by atoms with Crippen molar-refractivity contribution in [2.45, 2.75) is 19.9 Å². The summed E-state index contributed by atoms with van der Waals surface area (Å²) in [5, 5.41) is 0. The Kier molecular flexibility index (Phi) is 3.65. The van der Waals surface area contributed by atoms with E-state index in [4.69, 9.17) is 4.74 Å². The van der Waals surface area contributed by atoms with Gasteiger partial charge < -0.3 is 14.2 Å². The number of nitrogens with zero attached hydrogens (tertiary/aromatic N) is 4. The van der Waals surface area contributed by atoms with Crippen LogP contribution >= 0.6 is 0 Å². The van der Waals surface area contributed by atoms with Crippen LogP contribution in [0.1, 0.15) is 12.1 Å². The standard InChI is InChI=1S/C18H18N4O2/c1-13-6-7-16-18(20-13)24-11-10-22(16)17(23)8-9-21-12-19-14-4-2-3-5-15(14)21/h2-7,12H,8-11H2,1H3. The Balaban J connectivity index is 1.51. The monoisotopic (exact) mass is 322 g/mol. The van der Waals surface area contributed by atoms with Crippen molar-refractivity contribution >= 4 is 22.6 Å². The summed E-state index contributed by atoms with van der Waals surface area (Å²) in [6.07, 6.45) is 2.20. The topological polar surface area (TPSA) is 60.2 Å². The van der Waals surface area contributed by atoms with E-state index in [9.17, 15) is 4.79 Å². The number of ether oxygens (including phenoxy) is 1. The van der Waals surface area contributed by atoms with Gasteiger partial charge in [0, 0.05) is 18.7 Å². The number of pyridine rings is 1. The molecule has 0 atom stereocenters. The summed E-state index contributed by atoms with van der Waals surface area (Å²) in [5.74, 6) is 0.616. The number of hydrogen-bond acceptors (Lipinski definition) is 4. The normalized spacial score (nSPS) is 13.6. The lowest BCUT2D eigenvalue weighted by atomic mass is 10.2. The Labute approximate surface area is 139 Å². The zero-order valence-corrected chi connectivity index (χ0v) is 13.5. The Morgan fingerprint density at radius 2 is 2.12 bits per heavy atom. The maximum Gasteiger partial charge on any atom is 0.238 e. The predicted molar refractivity (Wildman–Crippen MR) is 91.2 cm³/mol. The van der Waals surface area contributed by atoms with Crippen molar-refractivity contribution in [3.63, 3.8) is 0 Å². The summed E-state index contributed by atoms with van der Waals surface area (Å²) < 4.78 is 7.59. The van der Waals surface area contributed by atoms with E-state index in [0.717, 1.165) is 22.4 Å². The molecule has 3 heterocycles. The highest BCUT2D eigenvalue weighted by Gasteiger charge is 2.24. The molecular formula is C18H18N4O2. The highest BCUT2D eigenvalue weighted by atomic mass is 16.5. The average molecular weight is 322 g/mol. The van der Waals surface area contributed by atoms with E-state index in [0.29, 0.717) is 32.0 Å². The van der Waals surface area contributed by atoms with Crippen molar-refractivity contribution in [2.75, 3.05) is 18.1 Å². The summed E-state index contributed by atoms with van der Waals surface area (Å²) in [5.41, 5.74) is 3.63. The van der Waals surface area contributed by atoms with Crippen molar-refractivity contribution in [2.24, 2.45) is 0 Å². The zero-order chi connectivity index (χ0) is 16.5. The maximum absolute atomic E-state index is 12.7. The lowest BCUT2D eigenvalue weighted by Crippen LogP contribution is -2.38. The first-order chi connectivity index (χ1) is 11.7. The van der Waals surface area contributed by atoms with Gasteiger partial charge in [0.25, 0.3) is 0 Å². The number of anilines is 1. The lowest BCUT2D eigenvalue weighted by Gasteiger charge is -2.29. The van der Waals surface area contributed by atoms with E-state index >= 15 is 0 Å². The minimum atomic E-state index is 0.0722. The molecule has 122 valence electrons. The lowest BCUT2D eigenvalue weighted by molar-refractivity contribution is -0.119. The van der Waals surface area contributed by atoms with Gasteiger partial charge in [-0.05, 0) is 31.2 Å². The molecule has 0 aliphatic carbocycles. The number of imidazole rings is 1. The summed E-state index contributed by atoms with van der Waals surface area (Å²) in [4.78, 5) is 23.2. The zero-order valence-electron chi connectivity index (χ0n) is 13.5. The SMILES string of the molecule is Cc1ccc2c(n1)OCCN2C(=O)CCn1cnc2ccccc21. The van der Waals surface area contributed by atoms with Gasteiger partial charge in [0.2, 0.25) is 11.8 Å². The molecule has 1 aromatic carbocycles. The molecule has 0 saturated carbocycles. The largest absolute Gasteiger partial charge is 0.474 e.